The molecule has 2 heterocycles. The molecule has 0 radical (unpaired) electrons. The lowest BCUT2D eigenvalue weighted by atomic mass is 10.2. The van der Waals surface area contributed by atoms with Gasteiger partial charge in [0.1, 0.15) is 0 Å². The molecule has 0 bridgehead atoms. The Morgan fingerprint density at radius 1 is 1.39 bits per heavy atom. The van der Waals surface area contributed by atoms with Crippen LogP contribution in [0.4, 0.5) is 11.4 Å². The van der Waals surface area contributed by atoms with E-state index < -0.39 is 0 Å². The quantitative estimate of drug-likeness (QED) is 0.504. The number of nitrogens with one attached hydrogen (secondary N) is 3. The molecule has 0 saturated carbocycles. The summed E-state index contributed by atoms with van der Waals surface area (Å²) in [5.41, 5.74) is 7.94. The first-order valence-electron chi connectivity index (χ1n) is 5.28. The third kappa shape index (κ3) is 1.67. The van der Waals surface area contributed by atoms with Gasteiger partial charge in [0, 0.05) is 17.3 Å². The Kier molecular flexibility index (Phi) is 2.23. The summed E-state index contributed by atoms with van der Waals surface area (Å²) in [5.74, 6) is -0.312. The van der Waals surface area contributed by atoms with Crippen LogP contribution in [0.1, 0.15) is 10.5 Å². The Hall–Kier alpha value is -2.83. The zero-order valence-electron chi connectivity index (χ0n) is 9.27. The van der Waals surface area contributed by atoms with Crippen LogP contribution < -0.4 is 11.1 Å². The van der Waals surface area contributed by atoms with E-state index in [1.54, 1.807) is 24.4 Å². The van der Waals surface area contributed by atoms with Crippen LogP contribution >= 0.6 is 0 Å². The maximum Gasteiger partial charge on any atom is 0.276 e. The second-order valence-electron chi connectivity index (χ2n) is 3.82. The van der Waals surface area contributed by atoms with E-state index in [0.29, 0.717) is 22.5 Å². The van der Waals surface area contributed by atoms with Crippen molar-refractivity contribution in [3.8, 4) is 0 Å². The van der Waals surface area contributed by atoms with Crippen LogP contribution in [0, 0.1) is 0 Å². The Morgan fingerprint density at radius 3 is 3.06 bits per heavy atom. The molecule has 3 aromatic rings. The second-order valence-corrected chi connectivity index (χ2v) is 3.82. The van der Waals surface area contributed by atoms with Gasteiger partial charge in [-0.25, -0.2) is 0 Å². The molecule has 18 heavy (non-hydrogen) atoms. The lowest BCUT2D eigenvalue weighted by Crippen LogP contribution is -2.12. The van der Waals surface area contributed by atoms with Gasteiger partial charge in [-0.2, -0.15) is 10.2 Å². The average molecular weight is 242 g/mol. The number of anilines is 2. The van der Waals surface area contributed by atoms with Gasteiger partial charge < -0.3 is 11.1 Å². The Bertz CT molecular complexity index is 699. The third-order valence-electron chi connectivity index (χ3n) is 2.56. The number of nitrogens with zero attached hydrogens (tertiary/aromatic N) is 2. The molecule has 0 saturated heterocycles. The van der Waals surface area contributed by atoms with Gasteiger partial charge in [-0.1, -0.05) is 0 Å². The van der Waals surface area contributed by atoms with Crippen molar-refractivity contribution in [2.75, 3.05) is 11.1 Å². The number of fused-ring (bicyclic) bond motifs is 1. The molecule has 0 fully saturated rings. The van der Waals surface area contributed by atoms with Gasteiger partial charge >= 0.3 is 0 Å². The molecule has 0 aliphatic rings. The van der Waals surface area contributed by atoms with Crippen LogP contribution in [0.15, 0.2) is 30.6 Å². The number of nitrogens with two attached hydrogens (primary N) is 1. The summed E-state index contributed by atoms with van der Waals surface area (Å²) in [6.45, 7) is 0. The number of H-pyrrole nitrogens is 2. The maximum absolute atomic E-state index is 12.0. The monoisotopic (exact) mass is 242 g/mol. The molecular weight excluding hydrogens is 232 g/mol. The van der Waals surface area contributed by atoms with Gasteiger partial charge in [-0.3, -0.25) is 15.0 Å². The normalized spacial score (nSPS) is 10.7. The largest absolute Gasteiger partial charge is 0.399 e. The standard InChI is InChI=1S/C11H10N6O/c12-6-1-2-9-8(3-6)10(17-16-9)11(18)15-7-4-13-14-5-7/h1-5H,12H2,(H,13,14)(H,15,18)(H,16,17). The summed E-state index contributed by atoms with van der Waals surface area (Å²) >= 11 is 0. The van der Waals surface area contributed by atoms with Crippen LogP contribution in [-0.4, -0.2) is 26.3 Å². The van der Waals surface area contributed by atoms with Crippen molar-refractivity contribution >= 4 is 28.2 Å². The highest BCUT2D eigenvalue weighted by Gasteiger charge is 2.14. The van der Waals surface area contributed by atoms with E-state index in [4.69, 9.17) is 5.73 Å². The van der Waals surface area contributed by atoms with E-state index in [1.165, 1.54) is 6.20 Å². The molecule has 0 unspecified atom stereocenters. The highest BCUT2D eigenvalue weighted by atomic mass is 16.1. The maximum atomic E-state index is 12.0. The summed E-state index contributed by atoms with van der Waals surface area (Å²) in [7, 11) is 0. The SMILES string of the molecule is Nc1ccc2[nH]nc(C(=O)Nc3cn[nH]c3)c2c1. The molecule has 0 atom stereocenters. The minimum absolute atomic E-state index is 0.304. The first-order valence-corrected chi connectivity index (χ1v) is 5.28. The predicted molar refractivity (Wildman–Crippen MR) is 67.0 cm³/mol. The number of carbonyl (C=O) groups excluding carboxylic acids is 1. The molecule has 1 aromatic carbocycles. The van der Waals surface area contributed by atoms with Crippen molar-refractivity contribution < 1.29 is 4.79 Å². The van der Waals surface area contributed by atoms with Gasteiger partial charge in [-0.05, 0) is 18.2 Å². The minimum Gasteiger partial charge on any atom is -0.399 e. The van der Waals surface area contributed by atoms with Crippen molar-refractivity contribution in [1.29, 1.82) is 0 Å². The van der Waals surface area contributed by atoms with Crippen LogP contribution in [-0.2, 0) is 0 Å². The van der Waals surface area contributed by atoms with Crippen LogP contribution in [0.25, 0.3) is 10.9 Å². The molecule has 0 aliphatic heterocycles. The van der Waals surface area contributed by atoms with Gasteiger partial charge in [0.25, 0.3) is 5.91 Å². The minimum atomic E-state index is -0.312. The number of aromatic nitrogens is 4. The van der Waals surface area contributed by atoms with Gasteiger partial charge in [0.2, 0.25) is 0 Å². The summed E-state index contributed by atoms with van der Waals surface area (Å²) in [4.78, 5) is 12.0. The molecule has 5 N–H and O–H groups in total. The van der Waals surface area contributed by atoms with Crippen molar-refractivity contribution in [2.24, 2.45) is 0 Å². The number of carbonyl (C=O) groups is 1. The summed E-state index contributed by atoms with van der Waals surface area (Å²) in [6.07, 6.45) is 3.10. The number of nitrogen functional groups attached to an aromatic ring is 1. The first kappa shape index (κ1) is 10.3. The van der Waals surface area contributed by atoms with Gasteiger partial charge in [0.15, 0.2) is 5.69 Å². The number of aromatic amines is 2. The fourth-order valence-corrected chi connectivity index (χ4v) is 1.71. The number of benzene rings is 1. The van der Waals surface area contributed by atoms with Crippen molar-refractivity contribution in [3.05, 3.63) is 36.3 Å². The summed E-state index contributed by atoms with van der Waals surface area (Å²) < 4.78 is 0. The number of rotatable bonds is 2. The zero-order valence-corrected chi connectivity index (χ0v) is 9.27. The van der Waals surface area contributed by atoms with Crippen LogP contribution in [0.5, 0.6) is 0 Å². The molecule has 1 amide bonds. The van der Waals surface area contributed by atoms with E-state index >= 15 is 0 Å². The Morgan fingerprint density at radius 2 is 2.28 bits per heavy atom. The Labute approximate surface area is 101 Å². The van der Waals surface area contributed by atoms with Gasteiger partial charge in [0.05, 0.1) is 17.4 Å². The fraction of sp³-hybridized carbons (Fsp3) is 0. The lowest BCUT2D eigenvalue weighted by molar-refractivity contribution is 0.102. The number of amides is 1. The highest BCUT2D eigenvalue weighted by Crippen LogP contribution is 2.19. The summed E-state index contributed by atoms with van der Waals surface area (Å²) in [6, 6.07) is 5.24. The van der Waals surface area contributed by atoms with E-state index in [9.17, 15) is 4.79 Å². The Balaban J connectivity index is 1.98. The fourth-order valence-electron chi connectivity index (χ4n) is 1.71. The number of hydrogen-bond donors (Lipinski definition) is 4. The molecule has 7 nitrogen and oxygen atoms in total. The smallest absolute Gasteiger partial charge is 0.276 e. The van der Waals surface area contributed by atoms with E-state index in [0.717, 1.165) is 5.52 Å². The summed E-state index contributed by atoms with van der Waals surface area (Å²) in [5, 5.41) is 16.5. The molecule has 0 aliphatic carbocycles. The average Bonchev–Trinajstić information content (AvgIpc) is 2.97. The predicted octanol–water partition coefficient (Wildman–Crippen LogP) is 1.12. The molecular formula is C11H10N6O. The van der Waals surface area contributed by atoms with E-state index in [1.807, 2.05) is 0 Å². The van der Waals surface area contributed by atoms with E-state index in [2.05, 4.69) is 25.7 Å². The highest BCUT2D eigenvalue weighted by molar-refractivity contribution is 6.11. The zero-order chi connectivity index (χ0) is 12.5. The molecule has 2 aromatic heterocycles. The second kappa shape index (κ2) is 3.88. The molecule has 7 heteroatoms. The van der Waals surface area contributed by atoms with Crippen LogP contribution in [0.2, 0.25) is 0 Å². The third-order valence-corrected chi connectivity index (χ3v) is 2.56. The molecule has 3 rings (SSSR count). The molecule has 0 spiro atoms. The molecule has 90 valence electrons. The topological polar surface area (TPSA) is 112 Å². The van der Waals surface area contributed by atoms with Crippen LogP contribution in [0.3, 0.4) is 0 Å². The lowest BCUT2D eigenvalue weighted by Gasteiger charge is -1.99. The first-order chi connectivity index (χ1) is 8.74. The van der Waals surface area contributed by atoms with Crippen molar-refractivity contribution in [3.63, 3.8) is 0 Å². The van der Waals surface area contributed by atoms with Crippen molar-refractivity contribution in [2.45, 2.75) is 0 Å². The number of hydrogen-bond acceptors (Lipinski definition) is 4. The van der Waals surface area contributed by atoms with Crippen molar-refractivity contribution in [1.82, 2.24) is 20.4 Å². The van der Waals surface area contributed by atoms with E-state index in [-0.39, 0.29) is 5.91 Å². The van der Waals surface area contributed by atoms with Gasteiger partial charge in [-0.15, -0.1) is 0 Å².